The van der Waals surface area contributed by atoms with Crippen molar-refractivity contribution in [3.8, 4) is 11.5 Å². The van der Waals surface area contributed by atoms with Gasteiger partial charge < -0.3 is 20.1 Å². The second-order valence-electron chi connectivity index (χ2n) is 6.65. The maximum absolute atomic E-state index is 12.2. The van der Waals surface area contributed by atoms with Crippen LogP contribution in [-0.4, -0.2) is 25.7 Å². The predicted octanol–water partition coefficient (Wildman–Crippen LogP) is 5.49. The Morgan fingerprint density at radius 2 is 1.64 bits per heavy atom. The van der Waals surface area contributed by atoms with Gasteiger partial charge in [0, 0.05) is 17.4 Å². The summed E-state index contributed by atoms with van der Waals surface area (Å²) in [4.78, 5) is 12.2. The molecule has 152 valence electrons. The molecule has 0 saturated heterocycles. The number of hydrogen-bond acceptors (Lipinski definition) is 4. The molecule has 5 nitrogen and oxygen atoms in total. The van der Waals surface area contributed by atoms with E-state index in [2.05, 4.69) is 17.6 Å². The Kier molecular flexibility index (Phi) is 9.76. The molecule has 5 heteroatoms. The number of benzene rings is 2. The first-order valence-electron chi connectivity index (χ1n) is 10.2. The van der Waals surface area contributed by atoms with Gasteiger partial charge in [-0.1, -0.05) is 38.7 Å². The molecule has 2 aromatic rings. The first-order chi connectivity index (χ1) is 13.7. The van der Waals surface area contributed by atoms with Crippen LogP contribution in [0, 0.1) is 0 Å². The Bertz CT molecular complexity index is 701. The van der Waals surface area contributed by atoms with Gasteiger partial charge >= 0.3 is 0 Å². The summed E-state index contributed by atoms with van der Waals surface area (Å²) in [6.45, 7) is 5.70. The molecule has 0 unspecified atom stereocenters. The van der Waals surface area contributed by atoms with Gasteiger partial charge in [-0.15, -0.1) is 0 Å². The molecule has 0 aliphatic heterocycles. The fraction of sp³-hybridized carbons (Fsp3) is 0.435. The Labute approximate surface area is 168 Å². The van der Waals surface area contributed by atoms with Gasteiger partial charge in [-0.2, -0.15) is 0 Å². The van der Waals surface area contributed by atoms with E-state index in [4.69, 9.17) is 9.47 Å². The molecule has 0 atom stereocenters. The summed E-state index contributed by atoms with van der Waals surface area (Å²) in [5, 5.41) is 6.00. The van der Waals surface area contributed by atoms with E-state index >= 15 is 0 Å². The van der Waals surface area contributed by atoms with E-state index in [0.29, 0.717) is 13.2 Å². The number of carbonyl (C=O) groups is 1. The van der Waals surface area contributed by atoms with Crippen LogP contribution in [0.3, 0.4) is 0 Å². The van der Waals surface area contributed by atoms with E-state index < -0.39 is 0 Å². The largest absolute Gasteiger partial charge is 0.494 e. The molecule has 0 spiro atoms. The summed E-state index contributed by atoms with van der Waals surface area (Å²) in [7, 11) is 0. The van der Waals surface area contributed by atoms with Gasteiger partial charge in [0.05, 0.1) is 19.8 Å². The summed E-state index contributed by atoms with van der Waals surface area (Å²) >= 11 is 0. The number of rotatable bonds is 13. The summed E-state index contributed by atoms with van der Waals surface area (Å²) in [6, 6.07) is 15.1. The Morgan fingerprint density at radius 3 is 2.39 bits per heavy atom. The Morgan fingerprint density at radius 1 is 0.857 bits per heavy atom. The van der Waals surface area contributed by atoms with Gasteiger partial charge in [0.25, 0.3) is 0 Å². The highest BCUT2D eigenvalue weighted by Crippen LogP contribution is 2.18. The fourth-order valence-corrected chi connectivity index (χ4v) is 2.78. The average molecular weight is 385 g/mol. The average Bonchev–Trinajstić information content (AvgIpc) is 2.71. The molecule has 0 heterocycles. The van der Waals surface area contributed by atoms with E-state index in [1.54, 1.807) is 0 Å². The van der Waals surface area contributed by atoms with E-state index in [0.717, 1.165) is 29.3 Å². The minimum absolute atomic E-state index is 0.106. The molecular weight excluding hydrogens is 352 g/mol. The highest BCUT2D eigenvalue weighted by Gasteiger charge is 2.04. The van der Waals surface area contributed by atoms with Crippen LogP contribution in [0.25, 0.3) is 0 Å². The van der Waals surface area contributed by atoms with Gasteiger partial charge in [-0.3, -0.25) is 4.79 Å². The Balaban J connectivity index is 1.72. The normalized spacial score (nSPS) is 10.4. The highest BCUT2D eigenvalue weighted by atomic mass is 16.5. The van der Waals surface area contributed by atoms with Gasteiger partial charge in [-0.25, -0.2) is 0 Å². The third kappa shape index (κ3) is 8.33. The molecular formula is C23H32N2O3. The molecule has 0 bridgehead atoms. The van der Waals surface area contributed by atoms with Crippen LogP contribution in [0.15, 0.2) is 48.5 Å². The fourth-order valence-electron chi connectivity index (χ4n) is 2.78. The van der Waals surface area contributed by atoms with E-state index in [1.807, 2.05) is 55.5 Å². The number of amides is 1. The van der Waals surface area contributed by atoms with E-state index in [1.165, 1.54) is 25.7 Å². The predicted molar refractivity (Wildman–Crippen MR) is 115 cm³/mol. The van der Waals surface area contributed by atoms with Crippen LogP contribution < -0.4 is 20.1 Å². The molecule has 2 aromatic carbocycles. The molecule has 0 aliphatic rings. The van der Waals surface area contributed by atoms with Crippen LogP contribution in [0.5, 0.6) is 11.5 Å². The lowest BCUT2D eigenvalue weighted by molar-refractivity contribution is -0.114. The first-order valence-corrected chi connectivity index (χ1v) is 10.2. The molecule has 28 heavy (non-hydrogen) atoms. The van der Waals surface area contributed by atoms with E-state index in [-0.39, 0.29) is 12.5 Å². The van der Waals surface area contributed by atoms with Crippen molar-refractivity contribution in [2.45, 2.75) is 46.0 Å². The zero-order valence-electron chi connectivity index (χ0n) is 17.0. The number of anilines is 2. The molecule has 0 radical (unpaired) electrons. The van der Waals surface area contributed by atoms with Crippen LogP contribution in [0.1, 0.15) is 46.0 Å². The van der Waals surface area contributed by atoms with Crippen molar-refractivity contribution in [1.82, 2.24) is 0 Å². The Hall–Kier alpha value is -2.69. The molecule has 0 fully saturated rings. The number of nitrogens with one attached hydrogen (secondary N) is 2. The molecule has 0 saturated carbocycles. The third-order valence-electron chi connectivity index (χ3n) is 4.25. The van der Waals surface area contributed by atoms with Gasteiger partial charge in [0.15, 0.2) is 0 Å². The number of ether oxygens (including phenoxy) is 2. The summed E-state index contributed by atoms with van der Waals surface area (Å²) < 4.78 is 11.2. The molecule has 2 N–H and O–H groups in total. The second-order valence-corrected chi connectivity index (χ2v) is 6.65. The molecule has 1 amide bonds. The quantitative estimate of drug-likeness (QED) is 0.449. The second kappa shape index (κ2) is 12.7. The number of carbonyl (C=O) groups excluding carboxylic acids is 1. The number of hydrogen-bond donors (Lipinski definition) is 2. The molecule has 2 rings (SSSR count). The van der Waals surface area contributed by atoms with Crippen molar-refractivity contribution in [3.63, 3.8) is 0 Å². The maximum atomic E-state index is 12.2. The third-order valence-corrected chi connectivity index (χ3v) is 4.25. The zero-order valence-corrected chi connectivity index (χ0v) is 17.0. The van der Waals surface area contributed by atoms with Crippen molar-refractivity contribution in [1.29, 1.82) is 0 Å². The van der Waals surface area contributed by atoms with Crippen molar-refractivity contribution in [3.05, 3.63) is 48.5 Å². The topological polar surface area (TPSA) is 59.6 Å². The van der Waals surface area contributed by atoms with Gasteiger partial charge in [0.1, 0.15) is 11.5 Å². The van der Waals surface area contributed by atoms with Gasteiger partial charge in [0.2, 0.25) is 5.91 Å². The summed E-state index contributed by atoms with van der Waals surface area (Å²) in [5.41, 5.74) is 1.61. The summed E-state index contributed by atoms with van der Waals surface area (Å²) in [5.74, 6) is 1.50. The highest BCUT2D eigenvalue weighted by molar-refractivity contribution is 5.93. The van der Waals surface area contributed by atoms with Crippen LogP contribution in [0.4, 0.5) is 11.4 Å². The monoisotopic (exact) mass is 384 g/mol. The van der Waals surface area contributed by atoms with Crippen LogP contribution in [0.2, 0.25) is 0 Å². The van der Waals surface area contributed by atoms with Crippen molar-refractivity contribution >= 4 is 17.3 Å². The zero-order chi connectivity index (χ0) is 20.0. The number of unbranched alkanes of at least 4 members (excludes halogenated alkanes) is 4. The maximum Gasteiger partial charge on any atom is 0.243 e. The lowest BCUT2D eigenvalue weighted by Gasteiger charge is -2.11. The van der Waals surface area contributed by atoms with Crippen molar-refractivity contribution in [2.75, 3.05) is 30.4 Å². The van der Waals surface area contributed by atoms with E-state index in [9.17, 15) is 4.79 Å². The lowest BCUT2D eigenvalue weighted by atomic mass is 10.2. The van der Waals surface area contributed by atoms with Crippen LogP contribution >= 0.6 is 0 Å². The van der Waals surface area contributed by atoms with Crippen molar-refractivity contribution < 1.29 is 14.3 Å². The van der Waals surface area contributed by atoms with Gasteiger partial charge in [-0.05, 0) is 49.7 Å². The summed E-state index contributed by atoms with van der Waals surface area (Å²) in [6.07, 6.45) is 6.05. The smallest absolute Gasteiger partial charge is 0.243 e. The minimum Gasteiger partial charge on any atom is -0.494 e. The van der Waals surface area contributed by atoms with Crippen molar-refractivity contribution in [2.24, 2.45) is 0 Å². The SMILES string of the molecule is CCCCCCCOc1cccc(NC(=O)CNc2ccc(OCC)cc2)c1. The molecule has 0 aliphatic carbocycles. The molecule has 0 aromatic heterocycles. The van der Waals surface area contributed by atoms with Crippen LogP contribution in [-0.2, 0) is 4.79 Å². The standard InChI is InChI=1S/C23H32N2O3/c1-3-5-6-7-8-16-28-22-11-9-10-20(17-22)25-23(26)18-24-19-12-14-21(15-13-19)27-4-2/h9-15,17,24H,3-8,16,18H2,1-2H3,(H,25,26). The lowest BCUT2D eigenvalue weighted by Crippen LogP contribution is -2.21. The minimum atomic E-state index is -0.106. The first kappa shape index (κ1) is 21.6.